The lowest BCUT2D eigenvalue weighted by molar-refractivity contribution is -0.152. The van der Waals surface area contributed by atoms with Crippen molar-refractivity contribution in [1.29, 1.82) is 0 Å². The van der Waals surface area contributed by atoms with Gasteiger partial charge in [-0.25, -0.2) is 0 Å². The smallest absolute Gasteiger partial charge is 0.116 e. The molecular weight excluding hydrogens is 192 g/mol. The lowest BCUT2D eigenvalue weighted by atomic mass is 9.83. The molecule has 3 heteroatoms. The molecule has 0 aliphatic heterocycles. The van der Waals surface area contributed by atoms with Gasteiger partial charge in [-0.3, -0.25) is 0 Å². The van der Waals surface area contributed by atoms with Gasteiger partial charge < -0.3 is 15.3 Å². The van der Waals surface area contributed by atoms with E-state index in [4.69, 9.17) is 0 Å². The van der Waals surface area contributed by atoms with Gasteiger partial charge in [0, 0.05) is 0 Å². The number of hydrogen-bond donors (Lipinski definition) is 3. The number of unbranched alkanes of at least 4 members (excludes halogenated alkanes) is 1. The third-order valence-electron chi connectivity index (χ3n) is 3.11. The molecule has 0 aromatic heterocycles. The highest BCUT2D eigenvalue weighted by atomic mass is 16.4. The summed E-state index contributed by atoms with van der Waals surface area (Å²) >= 11 is 0. The molecule has 3 atom stereocenters. The summed E-state index contributed by atoms with van der Waals surface area (Å²) in [7, 11) is 0. The van der Waals surface area contributed by atoms with Gasteiger partial charge in [0.15, 0.2) is 0 Å². The molecule has 0 saturated carbocycles. The SMILES string of the molecule is CCCCC(O)C(O)(CC)C(O)CCC. The van der Waals surface area contributed by atoms with Crippen LogP contribution in [0.1, 0.15) is 59.3 Å². The van der Waals surface area contributed by atoms with Crippen LogP contribution in [0, 0.1) is 0 Å². The Morgan fingerprint density at radius 1 is 0.933 bits per heavy atom. The fraction of sp³-hybridized carbons (Fsp3) is 1.00. The quantitative estimate of drug-likeness (QED) is 0.582. The van der Waals surface area contributed by atoms with Gasteiger partial charge in [-0.1, -0.05) is 40.0 Å². The minimum Gasteiger partial charge on any atom is -0.390 e. The van der Waals surface area contributed by atoms with Crippen LogP contribution in [0.25, 0.3) is 0 Å². The first kappa shape index (κ1) is 14.9. The Hall–Kier alpha value is -0.120. The number of rotatable bonds is 8. The van der Waals surface area contributed by atoms with Crippen molar-refractivity contribution in [1.82, 2.24) is 0 Å². The predicted octanol–water partition coefficient (Wildman–Crippen LogP) is 1.84. The molecule has 0 aromatic carbocycles. The maximum Gasteiger partial charge on any atom is 0.116 e. The molecule has 92 valence electrons. The molecule has 0 aliphatic carbocycles. The first-order valence-corrected chi connectivity index (χ1v) is 6.11. The number of aliphatic hydroxyl groups is 3. The molecule has 3 unspecified atom stereocenters. The minimum absolute atomic E-state index is 0.388. The molecule has 3 N–H and O–H groups in total. The molecule has 3 nitrogen and oxygen atoms in total. The summed E-state index contributed by atoms with van der Waals surface area (Å²) in [5.41, 5.74) is -1.33. The van der Waals surface area contributed by atoms with Crippen LogP contribution in [0.15, 0.2) is 0 Å². The van der Waals surface area contributed by atoms with Crippen LogP contribution >= 0.6 is 0 Å². The van der Waals surface area contributed by atoms with E-state index in [9.17, 15) is 15.3 Å². The zero-order valence-corrected chi connectivity index (χ0v) is 10.2. The second-order valence-corrected chi connectivity index (χ2v) is 4.31. The molecule has 0 heterocycles. The standard InChI is InChI=1S/C12H26O3/c1-4-7-9-11(14)12(15,6-3)10(13)8-5-2/h10-11,13-15H,4-9H2,1-3H3. The Kier molecular flexibility index (Phi) is 7.14. The first-order valence-electron chi connectivity index (χ1n) is 6.11. The summed E-state index contributed by atoms with van der Waals surface area (Å²) < 4.78 is 0. The van der Waals surface area contributed by atoms with Crippen LogP contribution < -0.4 is 0 Å². The van der Waals surface area contributed by atoms with Crippen molar-refractivity contribution in [3.05, 3.63) is 0 Å². The monoisotopic (exact) mass is 218 g/mol. The topological polar surface area (TPSA) is 60.7 Å². The van der Waals surface area contributed by atoms with E-state index in [-0.39, 0.29) is 0 Å². The van der Waals surface area contributed by atoms with Gasteiger partial charge in [-0.2, -0.15) is 0 Å². The molecule has 0 bridgehead atoms. The zero-order chi connectivity index (χ0) is 11.9. The summed E-state index contributed by atoms with van der Waals surface area (Å²) in [5.74, 6) is 0. The van der Waals surface area contributed by atoms with Gasteiger partial charge >= 0.3 is 0 Å². The average Bonchev–Trinajstić information content (AvgIpc) is 2.24. The van der Waals surface area contributed by atoms with Gasteiger partial charge in [-0.15, -0.1) is 0 Å². The van der Waals surface area contributed by atoms with E-state index in [0.29, 0.717) is 19.3 Å². The third-order valence-corrected chi connectivity index (χ3v) is 3.11. The Labute approximate surface area is 93.1 Å². The lowest BCUT2D eigenvalue weighted by Gasteiger charge is -2.36. The molecule has 0 radical (unpaired) electrons. The van der Waals surface area contributed by atoms with Gasteiger partial charge in [0.1, 0.15) is 5.60 Å². The van der Waals surface area contributed by atoms with E-state index < -0.39 is 17.8 Å². The second kappa shape index (κ2) is 7.20. The molecule has 0 spiro atoms. The van der Waals surface area contributed by atoms with E-state index in [1.165, 1.54) is 0 Å². The van der Waals surface area contributed by atoms with E-state index in [0.717, 1.165) is 19.3 Å². The molecule has 0 amide bonds. The minimum atomic E-state index is -1.33. The molecule has 0 fully saturated rings. The Balaban J connectivity index is 4.38. The fourth-order valence-electron chi connectivity index (χ4n) is 1.86. The molecule has 0 aromatic rings. The molecule has 0 aliphatic rings. The van der Waals surface area contributed by atoms with Crippen molar-refractivity contribution in [3.63, 3.8) is 0 Å². The third kappa shape index (κ3) is 4.09. The van der Waals surface area contributed by atoms with Crippen LogP contribution in [0.4, 0.5) is 0 Å². The van der Waals surface area contributed by atoms with E-state index in [1.807, 2.05) is 13.8 Å². The largest absolute Gasteiger partial charge is 0.390 e. The van der Waals surface area contributed by atoms with Crippen molar-refractivity contribution in [3.8, 4) is 0 Å². The summed E-state index contributed by atoms with van der Waals surface area (Å²) in [4.78, 5) is 0. The highest BCUT2D eigenvalue weighted by Crippen LogP contribution is 2.26. The summed E-state index contributed by atoms with van der Waals surface area (Å²) in [5, 5.41) is 29.9. The second-order valence-electron chi connectivity index (χ2n) is 4.31. The Bertz CT molecular complexity index is 161. The predicted molar refractivity (Wildman–Crippen MR) is 61.7 cm³/mol. The number of aliphatic hydroxyl groups excluding tert-OH is 2. The van der Waals surface area contributed by atoms with Crippen LogP contribution in [0.3, 0.4) is 0 Å². The van der Waals surface area contributed by atoms with Gasteiger partial charge in [0.25, 0.3) is 0 Å². The van der Waals surface area contributed by atoms with Gasteiger partial charge in [0.05, 0.1) is 12.2 Å². The highest BCUT2D eigenvalue weighted by molar-refractivity contribution is 4.91. The maximum absolute atomic E-state index is 10.2. The normalized spacial score (nSPS) is 19.6. The van der Waals surface area contributed by atoms with Crippen LogP contribution in [-0.4, -0.2) is 33.1 Å². The summed E-state index contributed by atoms with van der Waals surface area (Å²) in [6.07, 6.45) is 2.52. The van der Waals surface area contributed by atoms with Crippen molar-refractivity contribution >= 4 is 0 Å². The van der Waals surface area contributed by atoms with Crippen molar-refractivity contribution in [2.45, 2.75) is 77.1 Å². The Morgan fingerprint density at radius 2 is 1.47 bits per heavy atom. The molecule has 15 heavy (non-hydrogen) atoms. The Morgan fingerprint density at radius 3 is 1.87 bits per heavy atom. The van der Waals surface area contributed by atoms with Gasteiger partial charge in [0.2, 0.25) is 0 Å². The molecule has 0 rings (SSSR count). The first-order chi connectivity index (χ1) is 7.02. The summed E-state index contributed by atoms with van der Waals surface area (Å²) in [6.45, 7) is 5.80. The van der Waals surface area contributed by atoms with Crippen LogP contribution in [-0.2, 0) is 0 Å². The number of hydrogen-bond acceptors (Lipinski definition) is 3. The molecular formula is C12H26O3. The van der Waals surface area contributed by atoms with E-state index in [1.54, 1.807) is 6.92 Å². The zero-order valence-electron chi connectivity index (χ0n) is 10.2. The molecule has 0 saturated heterocycles. The lowest BCUT2D eigenvalue weighted by Crippen LogP contribution is -2.51. The van der Waals surface area contributed by atoms with Crippen LogP contribution in [0.5, 0.6) is 0 Å². The van der Waals surface area contributed by atoms with Crippen molar-refractivity contribution in [2.75, 3.05) is 0 Å². The fourth-order valence-corrected chi connectivity index (χ4v) is 1.86. The van der Waals surface area contributed by atoms with Crippen molar-refractivity contribution < 1.29 is 15.3 Å². The highest BCUT2D eigenvalue weighted by Gasteiger charge is 2.39. The van der Waals surface area contributed by atoms with Crippen molar-refractivity contribution in [2.24, 2.45) is 0 Å². The maximum atomic E-state index is 10.2. The van der Waals surface area contributed by atoms with Gasteiger partial charge in [-0.05, 0) is 19.3 Å². The van der Waals surface area contributed by atoms with E-state index in [2.05, 4.69) is 0 Å². The van der Waals surface area contributed by atoms with E-state index >= 15 is 0 Å². The average molecular weight is 218 g/mol. The summed E-state index contributed by atoms with van der Waals surface area (Å²) in [6, 6.07) is 0. The van der Waals surface area contributed by atoms with Crippen LogP contribution in [0.2, 0.25) is 0 Å².